The molecular weight excluding hydrogens is 276 g/mol. The van der Waals surface area contributed by atoms with Gasteiger partial charge >= 0.3 is 5.97 Å². The molecule has 6 heteroatoms. The van der Waals surface area contributed by atoms with Crippen LogP contribution in [0.1, 0.15) is 19.8 Å². The van der Waals surface area contributed by atoms with E-state index in [0.29, 0.717) is 59.3 Å². The number of rotatable bonds is 16. The van der Waals surface area contributed by atoms with E-state index in [-0.39, 0.29) is 0 Å². The van der Waals surface area contributed by atoms with Gasteiger partial charge in [0.1, 0.15) is 0 Å². The van der Waals surface area contributed by atoms with E-state index < -0.39 is 5.97 Å². The number of ether oxygens (including phenoxy) is 5. The van der Waals surface area contributed by atoms with Gasteiger partial charge in [0.05, 0.1) is 46.2 Å². The molecule has 0 amide bonds. The van der Waals surface area contributed by atoms with E-state index in [1.807, 2.05) is 0 Å². The van der Waals surface area contributed by atoms with Crippen LogP contribution in [0.4, 0.5) is 0 Å². The predicted molar refractivity (Wildman–Crippen MR) is 79.3 cm³/mol. The maximum absolute atomic E-state index is 10.7. The van der Waals surface area contributed by atoms with Crippen LogP contribution in [0.3, 0.4) is 0 Å². The highest BCUT2D eigenvalue weighted by Crippen LogP contribution is 1.88. The van der Waals surface area contributed by atoms with Gasteiger partial charge in [-0.25, -0.2) is 4.79 Å². The maximum atomic E-state index is 10.7. The summed E-state index contributed by atoms with van der Waals surface area (Å²) in [4.78, 5) is 10.7. The summed E-state index contributed by atoms with van der Waals surface area (Å²) in [5.41, 5.74) is 0. The molecule has 0 spiro atoms. The zero-order valence-electron chi connectivity index (χ0n) is 13.0. The molecule has 124 valence electrons. The van der Waals surface area contributed by atoms with Crippen LogP contribution in [0.25, 0.3) is 0 Å². The SMILES string of the molecule is C=CC(=O)OCCCOCCOCCOCCOCCC. The quantitative estimate of drug-likeness (QED) is 0.245. The standard InChI is InChI=1S/C15H28O6/c1-3-6-17-9-11-19-13-14-20-12-10-18-7-5-8-21-15(16)4-2/h4H,2-3,5-14H2,1H3. The summed E-state index contributed by atoms with van der Waals surface area (Å²) in [6, 6.07) is 0. The zero-order chi connectivity index (χ0) is 15.6. The molecule has 0 aromatic carbocycles. The summed E-state index contributed by atoms with van der Waals surface area (Å²) in [5, 5.41) is 0. The van der Waals surface area contributed by atoms with Crippen LogP contribution >= 0.6 is 0 Å². The Bertz CT molecular complexity index is 244. The second kappa shape index (κ2) is 17.1. The van der Waals surface area contributed by atoms with Crippen molar-refractivity contribution in [2.24, 2.45) is 0 Å². The van der Waals surface area contributed by atoms with Crippen molar-refractivity contribution in [3.63, 3.8) is 0 Å². The highest BCUT2D eigenvalue weighted by Gasteiger charge is 1.95. The Kier molecular flexibility index (Phi) is 16.3. The normalized spacial score (nSPS) is 10.5. The van der Waals surface area contributed by atoms with Gasteiger partial charge in [0.25, 0.3) is 0 Å². The lowest BCUT2D eigenvalue weighted by Crippen LogP contribution is -2.12. The van der Waals surface area contributed by atoms with Crippen molar-refractivity contribution in [1.82, 2.24) is 0 Å². The van der Waals surface area contributed by atoms with Gasteiger partial charge in [0.2, 0.25) is 0 Å². The number of carbonyl (C=O) groups is 1. The Morgan fingerprint density at radius 3 is 1.76 bits per heavy atom. The second-order valence-electron chi connectivity index (χ2n) is 4.17. The van der Waals surface area contributed by atoms with Gasteiger partial charge in [0, 0.05) is 25.7 Å². The largest absolute Gasteiger partial charge is 0.462 e. The first-order valence-corrected chi connectivity index (χ1v) is 7.41. The van der Waals surface area contributed by atoms with E-state index in [2.05, 4.69) is 13.5 Å². The molecule has 21 heavy (non-hydrogen) atoms. The molecule has 0 aliphatic rings. The van der Waals surface area contributed by atoms with E-state index >= 15 is 0 Å². The van der Waals surface area contributed by atoms with Crippen LogP contribution in [0.2, 0.25) is 0 Å². The van der Waals surface area contributed by atoms with Crippen molar-refractivity contribution < 1.29 is 28.5 Å². The van der Waals surface area contributed by atoms with Gasteiger partial charge in [-0.1, -0.05) is 13.5 Å². The Balaban J connectivity index is 2.99. The topological polar surface area (TPSA) is 63.2 Å². The average Bonchev–Trinajstić information content (AvgIpc) is 2.50. The monoisotopic (exact) mass is 304 g/mol. The third kappa shape index (κ3) is 17.0. The van der Waals surface area contributed by atoms with Crippen molar-refractivity contribution in [3.05, 3.63) is 12.7 Å². The van der Waals surface area contributed by atoms with Crippen LogP contribution in [0.5, 0.6) is 0 Å². The Labute approximate surface area is 127 Å². The molecule has 0 rings (SSSR count). The van der Waals surface area contributed by atoms with Crippen molar-refractivity contribution in [2.45, 2.75) is 19.8 Å². The Hall–Kier alpha value is -0.950. The minimum Gasteiger partial charge on any atom is -0.462 e. The molecule has 0 aliphatic heterocycles. The fraction of sp³-hybridized carbons (Fsp3) is 0.800. The third-order valence-electron chi connectivity index (χ3n) is 2.31. The molecule has 0 radical (unpaired) electrons. The summed E-state index contributed by atoms with van der Waals surface area (Å²) >= 11 is 0. The molecule has 0 saturated carbocycles. The molecular formula is C15H28O6. The van der Waals surface area contributed by atoms with Gasteiger partial charge in [-0.15, -0.1) is 0 Å². The second-order valence-corrected chi connectivity index (χ2v) is 4.17. The lowest BCUT2D eigenvalue weighted by molar-refractivity contribution is -0.138. The highest BCUT2D eigenvalue weighted by molar-refractivity contribution is 5.81. The van der Waals surface area contributed by atoms with E-state index in [0.717, 1.165) is 19.1 Å². The number of carbonyl (C=O) groups excluding carboxylic acids is 1. The van der Waals surface area contributed by atoms with E-state index in [1.165, 1.54) is 0 Å². The molecule has 0 aromatic heterocycles. The molecule has 0 N–H and O–H groups in total. The Morgan fingerprint density at radius 1 is 0.810 bits per heavy atom. The fourth-order valence-electron chi connectivity index (χ4n) is 1.30. The van der Waals surface area contributed by atoms with Crippen molar-refractivity contribution in [2.75, 3.05) is 59.5 Å². The zero-order valence-corrected chi connectivity index (χ0v) is 13.0. The minimum absolute atomic E-state index is 0.347. The number of esters is 1. The van der Waals surface area contributed by atoms with Crippen molar-refractivity contribution >= 4 is 5.97 Å². The molecule has 0 unspecified atom stereocenters. The smallest absolute Gasteiger partial charge is 0.330 e. The molecule has 0 atom stereocenters. The summed E-state index contributed by atoms with van der Waals surface area (Å²) < 4.78 is 26.1. The number of hydrogen-bond acceptors (Lipinski definition) is 6. The van der Waals surface area contributed by atoms with Gasteiger partial charge in [-0.05, 0) is 6.42 Å². The van der Waals surface area contributed by atoms with Crippen LogP contribution in [0.15, 0.2) is 12.7 Å². The molecule has 0 fully saturated rings. The summed E-state index contributed by atoms with van der Waals surface area (Å²) in [6.45, 7) is 10.5. The summed E-state index contributed by atoms with van der Waals surface area (Å²) in [5.74, 6) is -0.404. The molecule has 0 aromatic rings. The molecule has 0 heterocycles. The van der Waals surface area contributed by atoms with E-state index in [1.54, 1.807) is 0 Å². The Morgan fingerprint density at radius 2 is 1.29 bits per heavy atom. The first-order chi connectivity index (χ1) is 10.3. The van der Waals surface area contributed by atoms with Crippen molar-refractivity contribution in [3.8, 4) is 0 Å². The average molecular weight is 304 g/mol. The predicted octanol–water partition coefficient (Wildman–Crippen LogP) is 1.58. The first kappa shape index (κ1) is 20.1. The third-order valence-corrected chi connectivity index (χ3v) is 2.31. The first-order valence-electron chi connectivity index (χ1n) is 7.41. The molecule has 6 nitrogen and oxygen atoms in total. The maximum Gasteiger partial charge on any atom is 0.330 e. The minimum atomic E-state index is -0.404. The molecule has 0 bridgehead atoms. The molecule has 0 aliphatic carbocycles. The van der Waals surface area contributed by atoms with Crippen molar-refractivity contribution in [1.29, 1.82) is 0 Å². The highest BCUT2D eigenvalue weighted by atomic mass is 16.6. The van der Waals surface area contributed by atoms with Gasteiger partial charge in [-0.3, -0.25) is 0 Å². The van der Waals surface area contributed by atoms with Gasteiger partial charge in [-0.2, -0.15) is 0 Å². The van der Waals surface area contributed by atoms with Gasteiger partial charge < -0.3 is 23.7 Å². The fourth-order valence-corrected chi connectivity index (χ4v) is 1.30. The lowest BCUT2D eigenvalue weighted by Gasteiger charge is -2.07. The van der Waals surface area contributed by atoms with Gasteiger partial charge in [0.15, 0.2) is 0 Å². The summed E-state index contributed by atoms with van der Waals surface area (Å²) in [7, 11) is 0. The van der Waals surface area contributed by atoms with Crippen LogP contribution < -0.4 is 0 Å². The van der Waals surface area contributed by atoms with Crippen LogP contribution in [0, 0.1) is 0 Å². The molecule has 0 saturated heterocycles. The van der Waals surface area contributed by atoms with E-state index in [4.69, 9.17) is 23.7 Å². The van der Waals surface area contributed by atoms with Crippen LogP contribution in [-0.2, 0) is 28.5 Å². The number of hydrogen-bond donors (Lipinski definition) is 0. The van der Waals surface area contributed by atoms with E-state index in [9.17, 15) is 4.79 Å². The van der Waals surface area contributed by atoms with Crippen LogP contribution in [-0.4, -0.2) is 65.4 Å². The lowest BCUT2D eigenvalue weighted by atomic mass is 10.5. The summed E-state index contributed by atoms with van der Waals surface area (Å²) in [6.07, 6.45) is 2.84.